The molecule has 3 aromatic rings. The van der Waals surface area contributed by atoms with Gasteiger partial charge in [-0.25, -0.2) is 15.0 Å². The summed E-state index contributed by atoms with van der Waals surface area (Å²) < 4.78 is 49.8. The van der Waals surface area contributed by atoms with Crippen molar-refractivity contribution >= 4 is 22.7 Å². The predicted octanol–water partition coefficient (Wildman–Crippen LogP) is 5.64. The van der Waals surface area contributed by atoms with Crippen LogP contribution in [0.1, 0.15) is 12.8 Å². The smallest absolute Gasteiger partial charge is 0.406 e. The van der Waals surface area contributed by atoms with Crippen molar-refractivity contribution in [3.63, 3.8) is 0 Å². The molecule has 0 unspecified atom stereocenters. The van der Waals surface area contributed by atoms with E-state index in [0.717, 1.165) is 29.6 Å². The zero-order valence-electron chi connectivity index (χ0n) is 20.6. The zero-order chi connectivity index (χ0) is 26.8. The summed E-state index contributed by atoms with van der Waals surface area (Å²) in [6.07, 6.45) is 0.137. The van der Waals surface area contributed by atoms with Gasteiger partial charge in [-0.3, -0.25) is 4.99 Å². The van der Waals surface area contributed by atoms with Crippen molar-refractivity contribution in [3.05, 3.63) is 84.5 Å². The Hall–Kier alpha value is -4.51. The molecule has 6 rings (SSSR count). The van der Waals surface area contributed by atoms with Gasteiger partial charge in [-0.2, -0.15) is 0 Å². The van der Waals surface area contributed by atoms with Crippen molar-refractivity contribution in [1.82, 2.24) is 19.5 Å². The van der Waals surface area contributed by atoms with E-state index in [-0.39, 0.29) is 11.8 Å². The van der Waals surface area contributed by atoms with Crippen molar-refractivity contribution in [1.29, 1.82) is 0 Å². The highest BCUT2D eigenvalue weighted by Crippen LogP contribution is 2.31. The van der Waals surface area contributed by atoms with Gasteiger partial charge in [0.05, 0.1) is 39.5 Å². The number of para-hydroxylation sites is 2. The molecule has 3 aliphatic rings. The summed E-state index contributed by atoms with van der Waals surface area (Å²) in [6.45, 7) is 1.29. The highest BCUT2D eigenvalue weighted by atomic mass is 19.4. The molecule has 1 N–H and O–H groups in total. The molecule has 11 heteroatoms. The molecular formula is C28H23F3N6O2. The van der Waals surface area contributed by atoms with E-state index < -0.39 is 6.36 Å². The van der Waals surface area contributed by atoms with Crippen LogP contribution >= 0.6 is 0 Å². The summed E-state index contributed by atoms with van der Waals surface area (Å²) in [5.74, 6) is 0.133. The van der Waals surface area contributed by atoms with Crippen LogP contribution in [0.15, 0.2) is 84.1 Å². The molecule has 0 radical (unpaired) electrons. The van der Waals surface area contributed by atoms with Crippen LogP contribution in [-0.2, 0) is 4.74 Å². The first kappa shape index (κ1) is 24.8. The highest BCUT2D eigenvalue weighted by molar-refractivity contribution is 5.84. The van der Waals surface area contributed by atoms with E-state index in [4.69, 9.17) is 14.7 Å². The summed E-state index contributed by atoms with van der Waals surface area (Å²) in [6, 6.07) is 19.0. The largest absolute Gasteiger partial charge is 0.573 e. The molecule has 0 saturated carbocycles. The second kappa shape index (κ2) is 10.3. The fourth-order valence-electron chi connectivity index (χ4n) is 4.62. The Kier molecular flexibility index (Phi) is 6.57. The Bertz CT molecular complexity index is 1630. The van der Waals surface area contributed by atoms with Crippen LogP contribution in [0.3, 0.4) is 0 Å². The van der Waals surface area contributed by atoms with Crippen molar-refractivity contribution in [2.45, 2.75) is 25.2 Å². The summed E-state index contributed by atoms with van der Waals surface area (Å²) in [4.78, 5) is 18.5. The van der Waals surface area contributed by atoms with Crippen molar-refractivity contribution < 1.29 is 22.6 Å². The first-order valence-corrected chi connectivity index (χ1v) is 12.4. The van der Waals surface area contributed by atoms with Crippen molar-refractivity contribution in [3.8, 4) is 22.8 Å². The third kappa shape index (κ3) is 5.53. The van der Waals surface area contributed by atoms with Gasteiger partial charge >= 0.3 is 6.36 Å². The topological polar surface area (TPSA) is 86.5 Å². The number of hydrogen-bond donors (Lipinski definition) is 1. The fourth-order valence-corrected chi connectivity index (χ4v) is 4.62. The number of nitrogens with zero attached hydrogens (tertiary/aromatic N) is 5. The Morgan fingerprint density at radius 1 is 0.949 bits per heavy atom. The lowest BCUT2D eigenvalue weighted by atomic mass is 10.1. The van der Waals surface area contributed by atoms with Crippen LogP contribution in [-0.4, -0.2) is 45.1 Å². The Balaban J connectivity index is 1.56. The van der Waals surface area contributed by atoms with Gasteiger partial charge in [0.15, 0.2) is 0 Å². The molecule has 3 heterocycles. The van der Waals surface area contributed by atoms with Crippen LogP contribution in [0.2, 0.25) is 0 Å². The van der Waals surface area contributed by atoms with Crippen LogP contribution in [0, 0.1) is 0 Å². The normalized spacial score (nSPS) is 15.1. The Labute approximate surface area is 221 Å². The molecular weight excluding hydrogens is 509 g/mol. The maximum absolute atomic E-state index is 12.7. The number of nitrogens with one attached hydrogen (secondary N) is 1. The molecule has 1 saturated heterocycles. The SMILES string of the molecule is FC(F)(F)Oc1ccc(-n2c3c/c(=N\C4CCOCC4)c(Nc4ncccn4)cc-3nc3ccccc32)cc1. The van der Waals surface area contributed by atoms with E-state index >= 15 is 0 Å². The molecule has 1 aliphatic carbocycles. The molecule has 0 bridgehead atoms. The van der Waals surface area contributed by atoms with Gasteiger partial charge < -0.3 is 19.4 Å². The lowest BCUT2D eigenvalue weighted by Gasteiger charge is -2.22. The highest BCUT2D eigenvalue weighted by Gasteiger charge is 2.31. The molecule has 1 fully saturated rings. The number of fused-ring (bicyclic) bond motifs is 2. The lowest BCUT2D eigenvalue weighted by Crippen LogP contribution is -2.23. The predicted molar refractivity (Wildman–Crippen MR) is 139 cm³/mol. The van der Waals surface area contributed by atoms with Crippen LogP contribution in [0.5, 0.6) is 5.75 Å². The fraction of sp³-hybridized carbons (Fsp3) is 0.214. The Morgan fingerprint density at radius 2 is 1.69 bits per heavy atom. The average molecular weight is 533 g/mol. The summed E-state index contributed by atoms with van der Waals surface area (Å²) in [7, 11) is 0. The number of rotatable bonds is 5. The third-order valence-corrected chi connectivity index (χ3v) is 6.35. The second-order valence-corrected chi connectivity index (χ2v) is 9.01. The number of benzene rings is 3. The van der Waals surface area contributed by atoms with Gasteiger partial charge in [-0.1, -0.05) is 12.1 Å². The molecule has 198 valence electrons. The summed E-state index contributed by atoms with van der Waals surface area (Å²) in [5, 5.41) is 3.97. The average Bonchev–Trinajstić information content (AvgIpc) is 2.93. The zero-order valence-corrected chi connectivity index (χ0v) is 20.6. The van der Waals surface area contributed by atoms with Gasteiger partial charge in [-0.05, 0) is 67.4 Å². The number of hydrogen-bond acceptors (Lipinski definition) is 7. The first-order valence-electron chi connectivity index (χ1n) is 12.4. The molecule has 2 aliphatic heterocycles. The maximum atomic E-state index is 12.7. The van der Waals surface area contributed by atoms with Crippen LogP contribution < -0.4 is 15.4 Å². The molecule has 39 heavy (non-hydrogen) atoms. The molecule has 2 aromatic carbocycles. The van der Waals surface area contributed by atoms with Gasteiger partial charge in [0.1, 0.15) is 5.75 Å². The van der Waals surface area contributed by atoms with Crippen LogP contribution in [0.25, 0.3) is 28.1 Å². The monoisotopic (exact) mass is 532 g/mol. The van der Waals surface area contributed by atoms with Gasteiger partial charge in [0.25, 0.3) is 0 Å². The van der Waals surface area contributed by atoms with E-state index in [2.05, 4.69) is 20.0 Å². The number of aromatic nitrogens is 4. The second-order valence-electron chi connectivity index (χ2n) is 9.01. The summed E-state index contributed by atoms with van der Waals surface area (Å²) in [5.41, 5.74) is 4.26. The van der Waals surface area contributed by atoms with E-state index in [1.165, 1.54) is 12.1 Å². The molecule has 1 aromatic heterocycles. The number of anilines is 2. The van der Waals surface area contributed by atoms with E-state index in [0.29, 0.717) is 41.6 Å². The van der Waals surface area contributed by atoms with E-state index in [9.17, 15) is 13.2 Å². The number of alkyl halides is 3. The standard InChI is InChI=1S/C28H23F3N6O2/c29-28(30,31)39-20-8-6-19(7-9-20)37-25-5-2-1-4-21(25)35-24-16-22(36-27-32-12-3-13-33-27)23(17-26(24)37)34-18-10-14-38-15-11-18/h1-9,12-13,16-18H,10-11,14-15H2,(H,32,33,36)/b34-23+. The van der Waals surface area contributed by atoms with Crippen molar-refractivity contribution in [2.24, 2.45) is 4.99 Å². The quantitative estimate of drug-likeness (QED) is 0.295. The molecule has 0 atom stereocenters. The third-order valence-electron chi connectivity index (χ3n) is 6.35. The van der Waals surface area contributed by atoms with Gasteiger partial charge in [0.2, 0.25) is 5.95 Å². The minimum Gasteiger partial charge on any atom is -0.406 e. The van der Waals surface area contributed by atoms with E-state index in [1.54, 1.807) is 30.6 Å². The minimum absolute atomic E-state index is 0.0779. The number of halogens is 3. The van der Waals surface area contributed by atoms with Gasteiger partial charge in [0, 0.05) is 31.3 Å². The van der Waals surface area contributed by atoms with Crippen molar-refractivity contribution in [2.75, 3.05) is 18.5 Å². The number of ether oxygens (including phenoxy) is 2. The maximum Gasteiger partial charge on any atom is 0.573 e. The summed E-state index contributed by atoms with van der Waals surface area (Å²) >= 11 is 0. The lowest BCUT2D eigenvalue weighted by molar-refractivity contribution is -0.274. The first-order chi connectivity index (χ1) is 18.9. The Morgan fingerprint density at radius 3 is 2.44 bits per heavy atom. The molecule has 8 nitrogen and oxygen atoms in total. The van der Waals surface area contributed by atoms with Crippen LogP contribution in [0.4, 0.5) is 24.8 Å². The molecule has 0 amide bonds. The van der Waals surface area contributed by atoms with E-state index in [1.807, 2.05) is 41.0 Å². The molecule has 0 spiro atoms. The minimum atomic E-state index is -4.77. The van der Waals surface area contributed by atoms with Gasteiger partial charge in [-0.15, -0.1) is 13.2 Å².